The summed E-state index contributed by atoms with van der Waals surface area (Å²) < 4.78 is 52.5. The van der Waals surface area contributed by atoms with Gasteiger partial charge in [-0.25, -0.2) is 13.4 Å². The summed E-state index contributed by atoms with van der Waals surface area (Å²) in [6, 6.07) is 5.87. The maximum atomic E-state index is 15.1. The van der Waals surface area contributed by atoms with Crippen LogP contribution in [0.15, 0.2) is 24.3 Å². The van der Waals surface area contributed by atoms with E-state index in [-0.39, 0.29) is 11.5 Å². The predicted molar refractivity (Wildman–Crippen MR) is 94.4 cm³/mol. The van der Waals surface area contributed by atoms with Gasteiger partial charge >= 0.3 is 10.2 Å². The standard InChI is InChI=1S/C17H17FN2O6S/c18-16-13-7-11(26-9-12-2-1-5-25-12)4-3-10(13)6-14(21)17(16)20-8-15(22)19-27(20,23)24/h3-4,6-7,12,21H,1-2,5,8-9H2,(H,19,22). The molecule has 2 aromatic carbocycles. The fraction of sp³-hybridized carbons (Fsp3) is 0.353. The van der Waals surface area contributed by atoms with E-state index in [4.69, 9.17) is 9.47 Å². The quantitative estimate of drug-likeness (QED) is 0.810. The maximum absolute atomic E-state index is 15.1. The van der Waals surface area contributed by atoms with Crippen LogP contribution in [-0.4, -0.2) is 45.3 Å². The number of phenolic OH excluding ortho intramolecular Hbond substituents is 1. The summed E-state index contributed by atoms with van der Waals surface area (Å²) in [5.74, 6) is -1.93. The SMILES string of the molecule is O=C1CN(c2c(O)cc3ccc(OCC4CCCO4)cc3c2F)S(=O)(=O)N1. The lowest BCUT2D eigenvalue weighted by Crippen LogP contribution is -2.30. The van der Waals surface area contributed by atoms with Gasteiger partial charge in [0.25, 0.3) is 5.91 Å². The van der Waals surface area contributed by atoms with Crippen molar-refractivity contribution in [3.63, 3.8) is 0 Å². The molecular weight excluding hydrogens is 379 g/mol. The number of benzene rings is 2. The van der Waals surface area contributed by atoms with E-state index in [1.165, 1.54) is 12.1 Å². The molecule has 2 N–H and O–H groups in total. The number of anilines is 1. The van der Waals surface area contributed by atoms with Crippen LogP contribution >= 0.6 is 0 Å². The lowest BCUT2D eigenvalue weighted by molar-refractivity contribution is -0.117. The van der Waals surface area contributed by atoms with Crippen LogP contribution in [0.5, 0.6) is 11.5 Å². The van der Waals surface area contributed by atoms with E-state index in [1.807, 2.05) is 0 Å². The van der Waals surface area contributed by atoms with E-state index < -0.39 is 39.9 Å². The van der Waals surface area contributed by atoms with Crippen molar-refractivity contribution in [1.82, 2.24) is 4.72 Å². The normalized spacial score (nSPS) is 21.6. The van der Waals surface area contributed by atoms with Crippen LogP contribution in [0.3, 0.4) is 0 Å². The summed E-state index contributed by atoms with van der Waals surface area (Å²) in [7, 11) is -4.25. The lowest BCUT2D eigenvalue weighted by Gasteiger charge is -2.18. The van der Waals surface area contributed by atoms with E-state index >= 15 is 4.39 Å². The maximum Gasteiger partial charge on any atom is 0.326 e. The molecular formula is C17H17FN2O6S. The summed E-state index contributed by atoms with van der Waals surface area (Å²) in [4.78, 5) is 11.4. The number of rotatable bonds is 4. The minimum atomic E-state index is -4.25. The van der Waals surface area contributed by atoms with E-state index in [9.17, 15) is 18.3 Å². The first-order valence-electron chi connectivity index (χ1n) is 8.38. The number of nitrogens with one attached hydrogen (secondary N) is 1. The van der Waals surface area contributed by atoms with Gasteiger partial charge in [0.1, 0.15) is 30.3 Å². The van der Waals surface area contributed by atoms with Crippen LogP contribution in [0.25, 0.3) is 10.8 Å². The predicted octanol–water partition coefficient (Wildman–Crippen LogP) is 1.42. The Bertz CT molecular complexity index is 1020. The van der Waals surface area contributed by atoms with Gasteiger partial charge in [0, 0.05) is 12.0 Å². The molecule has 1 atom stereocenters. The Kier molecular flexibility index (Phi) is 4.31. The van der Waals surface area contributed by atoms with E-state index in [0.717, 1.165) is 12.8 Å². The lowest BCUT2D eigenvalue weighted by atomic mass is 10.1. The summed E-state index contributed by atoms with van der Waals surface area (Å²) in [6.45, 7) is 0.421. The highest BCUT2D eigenvalue weighted by molar-refractivity contribution is 7.92. The van der Waals surface area contributed by atoms with Crippen molar-refractivity contribution in [1.29, 1.82) is 0 Å². The number of ether oxygens (including phenoxy) is 2. The first-order valence-corrected chi connectivity index (χ1v) is 9.82. The van der Waals surface area contributed by atoms with Gasteiger partial charge in [-0.1, -0.05) is 6.07 Å². The fourth-order valence-electron chi connectivity index (χ4n) is 3.24. The number of hydrogen-bond acceptors (Lipinski definition) is 6. The number of fused-ring (bicyclic) bond motifs is 1. The molecule has 2 aromatic rings. The van der Waals surface area contributed by atoms with Crippen molar-refractivity contribution in [2.75, 3.05) is 24.1 Å². The zero-order chi connectivity index (χ0) is 19.2. The van der Waals surface area contributed by atoms with Crippen LogP contribution in [0.2, 0.25) is 0 Å². The molecule has 2 aliphatic rings. The van der Waals surface area contributed by atoms with Gasteiger partial charge in [0.2, 0.25) is 0 Å². The third-order valence-electron chi connectivity index (χ3n) is 4.53. The average molecular weight is 396 g/mol. The Balaban J connectivity index is 1.71. The number of hydrogen-bond donors (Lipinski definition) is 2. The molecule has 0 aliphatic carbocycles. The van der Waals surface area contributed by atoms with Crippen LogP contribution < -0.4 is 13.8 Å². The Morgan fingerprint density at radius 1 is 1.37 bits per heavy atom. The highest BCUT2D eigenvalue weighted by Crippen LogP contribution is 2.39. The molecule has 2 fully saturated rings. The highest BCUT2D eigenvalue weighted by Gasteiger charge is 2.37. The zero-order valence-electron chi connectivity index (χ0n) is 14.1. The summed E-state index contributed by atoms with van der Waals surface area (Å²) >= 11 is 0. The minimum Gasteiger partial charge on any atom is -0.506 e. The van der Waals surface area contributed by atoms with Gasteiger partial charge in [0.15, 0.2) is 5.82 Å². The molecule has 0 spiro atoms. The first-order chi connectivity index (χ1) is 12.8. The molecule has 10 heteroatoms. The zero-order valence-corrected chi connectivity index (χ0v) is 15.0. The number of carbonyl (C=O) groups excluding carboxylic acids is 1. The van der Waals surface area contributed by atoms with Crippen LogP contribution in [0.1, 0.15) is 12.8 Å². The van der Waals surface area contributed by atoms with Crippen molar-refractivity contribution in [2.45, 2.75) is 18.9 Å². The van der Waals surface area contributed by atoms with Crippen LogP contribution in [0, 0.1) is 5.82 Å². The third-order valence-corrected chi connectivity index (χ3v) is 5.91. The van der Waals surface area contributed by atoms with Crippen molar-refractivity contribution >= 4 is 32.6 Å². The molecule has 8 nitrogen and oxygen atoms in total. The minimum absolute atomic E-state index is 0.00671. The molecule has 2 saturated heterocycles. The van der Waals surface area contributed by atoms with E-state index in [1.54, 1.807) is 16.9 Å². The second-order valence-corrected chi connectivity index (χ2v) is 8.02. The van der Waals surface area contributed by atoms with Gasteiger partial charge in [-0.15, -0.1) is 0 Å². The second kappa shape index (κ2) is 6.54. The molecule has 2 heterocycles. The van der Waals surface area contributed by atoms with E-state index in [0.29, 0.717) is 28.7 Å². The number of nitrogens with zero attached hydrogens (tertiary/aromatic N) is 1. The van der Waals surface area contributed by atoms with Crippen LogP contribution in [-0.2, 0) is 19.7 Å². The summed E-state index contributed by atoms with van der Waals surface area (Å²) in [6.07, 6.45) is 1.86. The largest absolute Gasteiger partial charge is 0.506 e. The topological polar surface area (TPSA) is 105 Å². The number of amides is 1. The number of halogens is 1. The number of phenols is 1. The number of carbonyl (C=O) groups is 1. The summed E-state index contributed by atoms with van der Waals surface area (Å²) in [5, 5.41) is 10.6. The average Bonchev–Trinajstić information content (AvgIpc) is 3.21. The molecule has 27 heavy (non-hydrogen) atoms. The van der Waals surface area contributed by atoms with Crippen molar-refractivity contribution in [3.05, 3.63) is 30.1 Å². The van der Waals surface area contributed by atoms with E-state index in [2.05, 4.69) is 0 Å². The molecule has 0 bridgehead atoms. The number of aromatic hydroxyl groups is 1. The van der Waals surface area contributed by atoms with Gasteiger partial charge in [-0.05, 0) is 36.4 Å². The first kappa shape index (κ1) is 17.8. The molecule has 144 valence electrons. The van der Waals surface area contributed by atoms with Gasteiger partial charge in [-0.3, -0.25) is 4.79 Å². The Hall–Kier alpha value is -2.59. The summed E-state index contributed by atoms with van der Waals surface area (Å²) in [5.41, 5.74) is -0.572. The third kappa shape index (κ3) is 3.26. The Labute approximate surface area is 154 Å². The van der Waals surface area contributed by atoms with Gasteiger partial charge in [-0.2, -0.15) is 8.42 Å². The highest BCUT2D eigenvalue weighted by atomic mass is 32.2. The smallest absolute Gasteiger partial charge is 0.326 e. The van der Waals surface area contributed by atoms with Crippen molar-refractivity contribution in [3.8, 4) is 11.5 Å². The van der Waals surface area contributed by atoms with Crippen molar-refractivity contribution in [2.24, 2.45) is 0 Å². The molecule has 0 aromatic heterocycles. The molecule has 1 unspecified atom stereocenters. The Morgan fingerprint density at radius 2 is 2.19 bits per heavy atom. The molecule has 1 amide bonds. The molecule has 2 aliphatic heterocycles. The van der Waals surface area contributed by atoms with Crippen molar-refractivity contribution < 1.29 is 32.2 Å². The fourth-order valence-corrected chi connectivity index (χ4v) is 4.41. The Morgan fingerprint density at radius 3 is 2.85 bits per heavy atom. The second-order valence-electron chi connectivity index (χ2n) is 6.42. The molecule has 0 radical (unpaired) electrons. The van der Waals surface area contributed by atoms with Gasteiger partial charge < -0.3 is 14.6 Å². The van der Waals surface area contributed by atoms with Crippen LogP contribution in [0.4, 0.5) is 10.1 Å². The monoisotopic (exact) mass is 396 g/mol. The van der Waals surface area contributed by atoms with Gasteiger partial charge in [0.05, 0.1) is 6.10 Å². The molecule has 0 saturated carbocycles. The molecule has 4 rings (SSSR count).